The lowest BCUT2D eigenvalue weighted by molar-refractivity contribution is -0.658. The Hall–Kier alpha value is -4.53. The Kier molecular flexibility index (Phi) is 4.22. The van der Waals surface area contributed by atoms with Crippen molar-refractivity contribution in [3.8, 4) is 11.5 Å². The van der Waals surface area contributed by atoms with Gasteiger partial charge in [0.25, 0.3) is 5.69 Å². The molecule has 0 atom stereocenters. The second-order valence-electron chi connectivity index (χ2n) is 7.97. The maximum absolute atomic E-state index is 4.72. The fourth-order valence-corrected chi connectivity index (χ4v) is 4.10. The normalized spacial score (nSPS) is 11.5. The van der Waals surface area contributed by atoms with Gasteiger partial charge in [-0.15, -0.1) is 0 Å². The van der Waals surface area contributed by atoms with Crippen LogP contribution in [0.25, 0.3) is 44.3 Å². The van der Waals surface area contributed by atoms with Gasteiger partial charge in [-0.05, 0) is 41.1 Å². The summed E-state index contributed by atoms with van der Waals surface area (Å²) in [6.07, 6.45) is 16.6. The number of aryl methyl sites for hydroxylation is 3. The van der Waals surface area contributed by atoms with Gasteiger partial charge in [0.1, 0.15) is 35.8 Å². The van der Waals surface area contributed by atoms with Crippen molar-refractivity contribution in [2.75, 3.05) is 0 Å². The molecule has 6 aromatic heterocycles. The molecule has 0 aliphatic carbocycles. The molecule has 0 bridgehead atoms. The molecule has 0 spiro atoms. The highest BCUT2D eigenvalue weighted by atomic mass is 15.3. The van der Waals surface area contributed by atoms with Crippen LogP contribution < -0.4 is 9.25 Å². The van der Waals surface area contributed by atoms with E-state index in [0.29, 0.717) is 5.65 Å². The summed E-state index contributed by atoms with van der Waals surface area (Å²) in [5, 5.41) is 15.9. The number of hydrogen-bond acceptors (Lipinski definition) is 7. The number of pyridine rings is 3. The third kappa shape index (κ3) is 3.05. The molecular weight excluding hydrogens is 414 g/mol. The Balaban J connectivity index is 1.53. The van der Waals surface area contributed by atoms with Gasteiger partial charge in [-0.1, -0.05) is 0 Å². The van der Waals surface area contributed by atoms with E-state index < -0.39 is 0 Å². The zero-order valence-electron chi connectivity index (χ0n) is 18.3. The van der Waals surface area contributed by atoms with Crippen LogP contribution in [0.3, 0.4) is 0 Å². The third-order valence-corrected chi connectivity index (χ3v) is 5.95. The van der Waals surface area contributed by atoms with E-state index in [1.54, 1.807) is 24.8 Å². The minimum Gasteiger partial charge on any atom is -0.251 e. The van der Waals surface area contributed by atoms with Gasteiger partial charge >= 0.3 is 5.82 Å². The number of rotatable bonds is 2. The molecule has 158 valence electrons. The Bertz CT molecular complexity index is 1710. The Morgan fingerprint density at radius 1 is 0.788 bits per heavy atom. The minimum absolute atomic E-state index is 0.621. The Morgan fingerprint density at radius 3 is 2.58 bits per heavy atom. The zero-order valence-corrected chi connectivity index (χ0v) is 18.3. The van der Waals surface area contributed by atoms with Crippen LogP contribution in [0.1, 0.15) is 16.7 Å². The number of fused-ring (bicyclic) bond motifs is 3. The molecular formula is C24H19N9+2. The van der Waals surface area contributed by atoms with Crippen LogP contribution in [-0.4, -0.2) is 35.2 Å². The van der Waals surface area contributed by atoms with Gasteiger partial charge in [0.2, 0.25) is 6.20 Å². The molecule has 6 rings (SSSR count). The van der Waals surface area contributed by atoms with Crippen LogP contribution in [0.2, 0.25) is 0 Å². The summed E-state index contributed by atoms with van der Waals surface area (Å²) in [6, 6.07) is 1.96. The standard InChI is InChI=1S/C24H19N9/c1-14-8-29-31-20-4-7-32(12-18(14)20)24-15(2)19-13-33(30-10-17(19)9-28-24)21-11-27-23-22(16(21)3)25-5-6-26-23/h4-13H,1-3H3/q+2. The molecule has 0 amide bonds. The van der Waals surface area contributed by atoms with Crippen LogP contribution in [0.15, 0.2) is 61.8 Å². The van der Waals surface area contributed by atoms with Crippen LogP contribution in [0.4, 0.5) is 0 Å². The van der Waals surface area contributed by atoms with E-state index in [-0.39, 0.29) is 0 Å². The second kappa shape index (κ2) is 7.27. The first-order valence-electron chi connectivity index (χ1n) is 10.5. The molecule has 0 saturated heterocycles. The van der Waals surface area contributed by atoms with E-state index in [1.807, 2.05) is 60.1 Å². The van der Waals surface area contributed by atoms with Gasteiger partial charge in [0.15, 0.2) is 5.65 Å². The first-order chi connectivity index (χ1) is 16.1. The second-order valence-corrected chi connectivity index (χ2v) is 7.97. The van der Waals surface area contributed by atoms with E-state index in [1.165, 1.54) is 0 Å². The van der Waals surface area contributed by atoms with Crippen LogP contribution >= 0.6 is 0 Å². The molecule has 0 saturated carbocycles. The molecule has 0 unspecified atom stereocenters. The molecule has 0 fully saturated rings. The molecule has 0 radical (unpaired) electrons. The fraction of sp³-hybridized carbons (Fsp3) is 0.125. The largest absolute Gasteiger partial charge is 0.331 e. The Morgan fingerprint density at radius 2 is 1.67 bits per heavy atom. The van der Waals surface area contributed by atoms with Gasteiger partial charge < -0.3 is 0 Å². The van der Waals surface area contributed by atoms with Crippen molar-refractivity contribution in [3.05, 3.63) is 78.5 Å². The van der Waals surface area contributed by atoms with Crippen LogP contribution in [0.5, 0.6) is 0 Å². The van der Waals surface area contributed by atoms with E-state index in [4.69, 9.17) is 4.98 Å². The van der Waals surface area contributed by atoms with Crippen molar-refractivity contribution >= 4 is 32.8 Å². The molecule has 0 aliphatic rings. The summed E-state index contributed by atoms with van der Waals surface area (Å²) in [5.74, 6) is 0.845. The van der Waals surface area contributed by atoms with Gasteiger partial charge in [0.05, 0.1) is 34.3 Å². The number of aromatic nitrogens is 9. The highest BCUT2D eigenvalue weighted by Gasteiger charge is 2.22. The average molecular weight is 433 g/mol. The van der Waals surface area contributed by atoms with E-state index in [2.05, 4.69) is 37.2 Å². The van der Waals surface area contributed by atoms with Crippen molar-refractivity contribution < 1.29 is 9.25 Å². The summed E-state index contributed by atoms with van der Waals surface area (Å²) in [6.45, 7) is 6.11. The first kappa shape index (κ1) is 19.2. The van der Waals surface area contributed by atoms with Crippen molar-refractivity contribution in [2.24, 2.45) is 0 Å². The molecule has 0 aliphatic heterocycles. The fourth-order valence-electron chi connectivity index (χ4n) is 4.10. The lowest BCUT2D eigenvalue weighted by atomic mass is 10.1. The predicted molar refractivity (Wildman–Crippen MR) is 121 cm³/mol. The van der Waals surface area contributed by atoms with Crippen LogP contribution in [-0.2, 0) is 0 Å². The molecule has 9 heteroatoms. The first-order valence-corrected chi connectivity index (χ1v) is 10.5. The zero-order chi connectivity index (χ0) is 22.5. The van der Waals surface area contributed by atoms with E-state index in [9.17, 15) is 0 Å². The van der Waals surface area contributed by atoms with E-state index in [0.717, 1.165) is 55.4 Å². The smallest absolute Gasteiger partial charge is 0.251 e. The van der Waals surface area contributed by atoms with Crippen molar-refractivity contribution in [1.29, 1.82) is 0 Å². The number of hydrogen-bond donors (Lipinski definition) is 0. The quantitative estimate of drug-likeness (QED) is 0.387. The third-order valence-electron chi connectivity index (χ3n) is 5.95. The highest BCUT2D eigenvalue weighted by molar-refractivity contribution is 5.84. The molecule has 0 N–H and O–H groups in total. The SMILES string of the molecule is Cc1c(-[n+]2ccc3nncc(C)c3c2)ncc2cn[n+](-c3cnc4nccnc4c3C)cc12. The molecule has 6 heterocycles. The summed E-state index contributed by atoms with van der Waals surface area (Å²) in [7, 11) is 0. The summed E-state index contributed by atoms with van der Waals surface area (Å²) in [5.41, 5.74) is 6.18. The average Bonchev–Trinajstić information content (AvgIpc) is 2.85. The van der Waals surface area contributed by atoms with Crippen molar-refractivity contribution in [3.63, 3.8) is 0 Å². The van der Waals surface area contributed by atoms with Crippen molar-refractivity contribution in [2.45, 2.75) is 20.8 Å². The van der Waals surface area contributed by atoms with E-state index >= 15 is 0 Å². The summed E-state index contributed by atoms with van der Waals surface area (Å²) < 4.78 is 3.86. The Labute approximate surface area is 188 Å². The van der Waals surface area contributed by atoms with Gasteiger partial charge in [-0.2, -0.15) is 10.2 Å². The minimum atomic E-state index is 0.621. The van der Waals surface area contributed by atoms with Crippen LogP contribution in [0, 0.1) is 20.8 Å². The van der Waals surface area contributed by atoms with Gasteiger partial charge in [-0.25, -0.2) is 14.5 Å². The lowest BCUT2D eigenvalue weighted by Gasteiger charge is -2.05. The maximum Gasteiger partial charge on any atom is 0.331 e. The topological polar surface area (TPSA) is 98.0 Å². The number of nitrogens with zero attached hydrogens (tertiary/aromatic N) is 9. The van der Waals surface area contributed by atoms with Gasteiger partial charge in [-0.3, -0.25) is 4.98 Å². The summed E-state index contributed by atoms with van der Waals surface area (Å²) in [4.78, 5) is 17.9. The molecule has 0 aromatic carbocycles. The molecule has 9 nitrogen and oxygen atoms in total. The monoisotopic (exact) mass is 433 g/mol. The lowest BCUT2D eigenvalue weighted by Crippen LogP contribution is -2.36. The molecule has 33 heavy (non-hydrogen) atoms. The maximum atomic E-state index is 4.72. The highest BCUT2D eigenvalue weighted by Crippen LogP contribution is 2.21. The molecule has 6 aromatic rings. The summed E-state index contributed by atoms with van der Waals surface area (Å²) >= 11 is 0. The predicted octanol–water partition coefficient (Wildman–Crippen LogP) is 2.39. The van der Waals surface area contributed by atoms with Gasteiger partial charge in [0, 0.05) is 23.8 Å². The van der Waals surface area contributed by atoms with Crippen molar-refractivity contribution in [1.82, 2.24) is 35.2 Å².